The van der Waals surface area contributed by atoms with Crippen LogP contribution in [0, 0.1) is 11.6 Å². The number of oxime groups is 1. The van der Waals surface area contributed by atoms with Gasteiger partial charge in [-0.25, -0.2) is 8.78 Å². The molecule has 2 aromatic carbocycles. The third-order valence-corrected chi connectivity index (χ3v) is 3.73. The van der Waals surface area contributed by atoms with Gasteiger partial charge < -0.3 is 41.1 Å². The molecule has 17 heteroatoms. The van der Waals surface area contributed by atoms with Gasteiger partial charge in [0.05, 0.1) is 11.4 Å². The number of amidine groups is 1. The third-order valence-electron chi connectivity index (χ3n) is 3.73. The van der Waals surface area contributed by atoms with Gasteiger partial charge in [0.1, 0.15) is 11.6 Å². The zero-order chi connectivity index (χ0) is 29.3. The average molecular weight is 552 g/mol. The van der Waals surface area contributed by atoms with E-state index in [1.807, 2.05) is 0 Å². The smallest absolute Gasteiger partial charge is 0.409 e. The molecule has 0 radical (unpaired) electrons. The molecule has 0 saturated heterocycles. The van der Waals surface area contributed by atoms with Gasteiger partial charge in [-0.1, -0.05) is 10.3 Å². The number of alkyl halides is 3. The summed E-state index contributed by atoms with van der Waals surface area (Å²) in [6, 6.07) is 8.27. The second kappa shape index (κ2) is 17.2. The van der Waals surface area contributed by atoms with Crippen LogP contribution >= 0.6 is 0 Å². The van der Waals surface area contributed by atoms with Crippen molar-refractivity contribution < 1.29 is 50.7 Å². The minimum atomic E-state index is -4.64. The van der Waals surface area contributed by atoms with Crippen molar-refractivity contribution in [3.05, 3.63) is 60.0 Å². The lowest BCUT2D eigenvalue weighted by molar-refractivity contribution is -0.252. The summed E-state index contributed by atoms with van der Waals surface area (Å²) in [6.07, 6.45) is -4.52. The van der Waals surface area contributed by atoms with E-state index in [4.69, 9.17) is 27.2 Å². The van der Waals surface area contributed by atoms with E-state index in [1.165, 1.54) is 52.0 Å². The highest BCUT2D eigenvalue weighted by molar-refractivity contribution is 5.97. The quantitative estimate of drug-likeness (QED) is 0.0531. The van der Waals surface area contributed by atoms with E-state index in [0.717, 1.165) is 6.07 Å². The minimum absolute atomic E-state index is 0.0319. The molecule has 12 nitrogen and oxygen atoms in total. The van der Waals surface area contributed by atoms with Gasteiger partial charge in [-0.3, -0.25) is 4.79 Å². The highest BCUT2D eigenvalue weighted by Crippen LogP contribution is 2.19. The summed E-state index contributed by atoms with van der Waals surface area (Å²) in [4.78, 5) is 12.5. The van der Waals surface area contributed by atoms with Gasteiger partial charge in [0.25, 0.3) is 6.48 Å². The fourth-order valence-corrected chi connectivity index (χ4v) is 2.00. The number of aromatic nitrogens is 2. The number of benzene rings is 2. The Hall–Kier alpha value is -4.35. The number of carbonyl (C=O) groups is 1. The SMILES string of the molecule is COC(OC)OC.NC(=NO)c1ccc(N)c(F)c1.Nc1ccc(-c2ncon2)cc1F.O=CC(F)(F)F. The first-order valence-electron chi connectivity index (χ1n) is 9.79. The van der Waals surface area contributed by atoms with Crippen LogP contribution in [0.2, 0.25) is 0 Å². The number of methoxy groups -OCH3 is 3. The zero-order valence-electron chi connectivity index (χ0n) is 20.1. The van der Waals surface area contributed by atoms with Gasteiger partial charge >= 0.3 is 6.18 Å². The van der Waals surface area contributed by atoms with Crippen LogP contribution in [-0.2, 0) is 19.0 Å². The molecule has 0 aliphatic heterocycles. The number of hydrogen-bond acceptors (Lipinski definition) is 11. The monoisotopic (exact) mass is 552 g/mol. The zero-order valence-corrected chi connectivity index (χ0v) is 20.1. The van der Waals surface area contributed by atoms with Crippen molar-refractivity contribution >= 4 is 23.5 Å². The predicted octanol–water partition coefficient (Wildman–Crippen LogP) is 2.92. The maximum absolute atomic E-state index is 13.0. The number of nitrogen functional groups attached to an aromatic ring is 2. The number of carbonyl (C=O) groups excluding carboxylic acids is 1. The molecule has 0 bridgehead atoms. The molecule has 0 spiro atoms. The number of halogens is 5. The Kier molecular flexibility index (Phi) is 15.2. The minimum Gasteiger partial charge on any atom is -0.409 e. The van der Waals surface area contributed by atoms with Crippen LogP contribution in [0.5, 0.6) is 0 Å². The van der Waals surface area contributed by atoms with Crippen molar-refractivity contribution in [3.63, 3.8) is 0 Å². The number of aldehydes is 1. The maximum Gasteiger partial charge on any atom is 0.446 e. The van der Waals surface area contributed by atoms with E-state index in [0.29, 0.717) is 17.0 Å². The Morgan fingerprint density at radius 2 is 1.53 bits per heavy atom. The molecule has 0 saturated carbocycles. The standard InChI is InChI=1S/C8H6FN3O.C7H8FN3O.C4H10O3.C2HF3O/c9-6-3-5(1-2-7(6)10)8-11-4-13-12-8;8-5-3-4(7(10)11-12)1-2-6(5)9;1-5-4(6-2)7-3;3-2(4,5)1-6/h1-4H,10H2;1-3,12H,9H2,(H2,10,11);4H,1-3H3;1H. The predicted molar refractivity (Wildman–Crippen MR) is 124 cm³/mol. The van der Waals surface area contributed by atoms with Gasteiger partial charge in [-0.05, 0) is 36.4 Å². The van der Waals surface area contributed by atoms with E-state index >= 15 is 0 Å². The molecule has 0 aliphatic rings. The van der Waals surface area contributed by atoms with Crippen molar-refractivity contribution in [2.75, 3.05) is 32.8 Å². The van der Waals surface area contributed by atoms with Crippen LogP contribution in [0.4, 0.5) is 33.3 Å². The summed E-state index contributed by atoms with van der Waals surface area (Å²) in [5.41, 5.74) is 16.7. The average Bonchev–Trinajstić information content (AvgIpc) is 3.44. The fraction of sp³-hybridized carbons (Fsp3) is 0.238. The van der Waals surface area contributed by atoms with Gasteiger partial charge in [-0.2, -0.15) is 18.2 Å². The van der Waals surface area contributed by atoms with Crippen molar-refractivity contribution in [1.29, 1.82) is 0 Å². The van der Waals surface area contributed by atoms with Gasteiger partial charge in [0.15, 0.2) is 5.84 Å². The van der Waals surface area contributed by atoms with Gasteiger partial charge in [0.2, 0.25) is 18.5 Å². The normalized spacial score (nSPS) is 10.8. The van der Waals surface area contributed by atoms with Crippen LogP contribution < -0.4 is 17.2 Å². The highest BCUT2D eigenvalue weighted by Gasteiger charge is 2.24. The van der Waals surface area contributed by atoms with Crippen LogP contribution in [0.25, 0.3) is 11.4 Å². The molecular weight excluding hydrogens is 527 g/mol. The van der Waals surface area contributed by atoms with E-state index in [-0.39, 0.29) is 17.2 Å². The van der Waals surface area contributed by atoms with Gasteiger partial charge in [0, 0.05) is 32.5 Å². The first-order chi connectivity index (χ1) is 17.8. The first kappa shape index (κ1) is 33.7. The molecule has 1 heterocycles. The molecule has 0 atom stereocenters. The van der Waals surface area contributed by atoms with Crippen molar-refractivity contribution in [3.8, 4) is 11.4 Å². The summed E-state index contributed by atoms with van der Waals surface area (Å²) < 4.78 is 75.3. The third kappa shape index (κ3) is 13.1. The first-order valence-corrected chi connectivity index (χ1v) is 9.79. The largest absolute Gasteiger partial charge is 0.446 e. The second-order valence-electron chi connectivity index (χ2n) is 6.37. The van der Waals surface area contributed by atoms with E-state index < -0.39 is 30.6 Å². The summed E-state index contributed by atoms with van der Waals surface area (Å²) in [7, 11) is 4.53. The molecule has 0 aliphatic carbocycles. The fourth-order valence-electron chi connectivity index (χ4n) is 2.00. The Bertz CT molecular complexity index is 1120. The lowest BCUT2D eigenvalue weighted by atomic mass is 10.2. The lowest BCUT2D eigenvalue weighted by Gasteiger charge is -2.08. The topological polar surface area (TPSA) is 194 Å². The molecule has 0 amide bonds. The number of nitrogens with two attached hydrogens (primary N) is 3. The molecular formula is C21H25F5N6O6. The van der Waals surface area contributed by atoms with Crippen molar-refractivity contribution in [2.24, 2.45) is 10.9 Å². The Morgan fingerprint density at radius 1 is 1.03 bits per heavy atom. The van der Waals surface area contributed by atoms with Crippen LogP contribution in [0.1, 0.15) is 5.56 Å². The maximum atomic E-state index is 13.0. The molecule has 38 heavy (non-hydrogen) atoms. The summed E-state index contributed by atoms with van der Waals surface area (Å²) in [5.74, 6) is -0.866. The van der Waals surface area contributed by atoms with E-state index in [1.54, 1.807) is 6.07 Å². The lowest BCUT2D eigenvalue weighted by Crippen LogP contribution is -2.14. The Morgan fingerprint density at radius 3 is 1.87 bits per heavy atom. The number of ether oxygens (including phenoxy) is 3. The molecule has 7 N–H and O–H groups in total. The van der Waals surface area contributed by atoms with E-state index in [9.17, 15) is 22.0 Å². The summed E-state index contributed by atoms with van der Waals surface area (Å²) in [5, 5.41) is 14.5. The number of rotatable bonds is 5. The number of nitrogens with zero attached hydrogens (tertiary/aromatic N) is 3. The Balaban J connectivity index is 0.000000507. The molecule has 3 rings (SSSR count). The Labute approximate surface area is 212 Å². The van der Waals surface area contributed by atoms with Crippen LogP contribution in [-0.4, -0.2) is 61.5 Å². The van der Waals surface area contributed by atoms with Crippen molar-refractivity contribution in [2.45, 2.75) is 12.7 Å². The molecule has 1 aromatic heterocycles. The molecule has 210 valence electrons. The van der Waals surface area contributed by atoms with Crippen molar-refractivity contribution in [1.82, 2.24) is 10.1 Å². The second-order valence-corrected chi connectivity index (χ2v) is 6.37. The van der Waals surface area contributed by atoms with Crippen LogP contribution in [0.15, 0.2) is 52.5 Å². The molecule has 3 aromatic rings. The van der Waals surface area contributed by atoms with E-state index in [2.05, 4.69) is 34.0 Å². The summed E-state index contributed by atoms with van der Waals surface area (Å²) >= 11 is 0. The highest BCUT2D eigenvalue weighted by atomic mass is 19.4. The number of hydrogen-bond donors (Lipinski definition) is 4. The molecule has 0 fully saturated rings. The molecule has 0 unspecified atom stereocenters. The van der Waals surface area contributed by atoms with Gasteiger partial charge in [-0.15, -0.1) is 0 Å². The number of anilines is 2. The van der Waals surface area contributed by atoms with Crippen LogP contribution in [0.3, 0.4) is 0 Å². The summed E-state index contributed by atoms with van der Waals surface area (Å²) in [6.45, 7) is -0.514.